The van der Waals surface area contributed by atoms with E-state index in [4.69, 9.17) is 0 Å². The van der Waals surface area contributed by atoms with Crippen LogP contribution in [0.2, 0.25) is 0 Å². The van der Waals surface area contributed by atoms with Crippen molar-refractivity contribution in [1.82, 2.24) is 5.32 Å². The molecular weight excluding hydrogens is 337 g/mol. The fourth-order valence-corrected chi connectivity index (χ4v) is 2.86. The molecule has 5 heteroatoms. The second-order valence-electron chi connectivity index (χ2n) is 5.05. The van der Waals surface area contributed by atoms with Gasteiger partial charge in [0.2, 0.25) is 0 Å². The highest BCUT2D eigenvalue weighted by molar-refractivity contribution is 9.10. The van der Waals surface area contributed by atoms with Gasteiger partial charge in [0.1, 0.15) is 5.82 Å². The van der Waals surface area contributed by atoms with Gasteiger partial charge in [-0.25, -0.2) is 4.39 Å². The Morgan fingerprint density at radius 1 is 1.29 bits per heavy atom. The molecule has 0 aromatic heterocycles. The minimum absolute atomic E-state index is 0.229. The van der Waals surface area contributed by atoms with Gasteiger partial charge in [0.25, 0.3) is 5.91 Å². The van der Waals surface area contributed by atoms with E-state index in [9.17, 15) is 14.3 Å². The molecule has 1 aliphatic carbocycles. The fourth-order valence-electron chi connectivity index (χ4n) is 2.61. The van der Waals surface area contributed by atoms with Gasteiger partial charge in [-0.1, -0.05) is 24.3 Å². The van der Waals surface area contributed by atoms with E-state index in [1.807, 2.05) is 24.3 Å². The lowest BCUT2D eigenvalue weighted by molar-refractivity contribution is 0.0858. The molecule has 0 spiro atoms. The average molecular weight is 350 g/mol. The van der Waals surface area contributed by atoms with E-state index in [0.29, 0.717) is 10.9 Å². The molecule has 0 bridgehead atoms. The predicted octanol–water partition coefficient (Wildman–Crippen LogP) is 2.98. The summed E-state index contributed by atoms with van der Waals surface area (Å²) in [5, 5.41) is 12.9. The quantitative estimate of drug-likeness (QED) is 0.875. The largest absolute Gasteiger partial charge is 0.390 e. The molecule has 0 aliphatic heterocycles. The first-order chi connectivity index (χ1) is 10.1. The number of halogens is 2. The van der Waals surface area contributed by atoms with E-state index in [1.54, 1.807) is 0 Å². The third-order valence-corrected chi connectivity index (χ3v) is 4.32. The molecule has 21 heavy (non-hydrogen) atoms. The molecule has 3 nitrogen and oxygen atoms in total. The van der Waals surface area contributed by atoms with E-state index in [2.05, 4.69) is 21.2 Å². The van der Waals surface area contributed by atoms with Crippen LogP contribution in [0.5, 0.6) is 0 Å². The lowest BCUT2D eigenvalue weighted by atomic mass is 10.1. The third-order valence-electron chi connectivity index (χ3n) is 3.67. The van der Waals surface area contributed by atoms with Crippen molar-refractivity contribution >= 4 is 21.8 Å². The number of benzene rings is 2. The summed E-state index contributed by atoms with van der Waals surface area (Å²) in [4.78, 5) is 12.2. The summed E-state index contributed by atoms with van der Waals surface area (Å²) in [6.07, 6.45) is -0.151. The number of carbonyl (C=O) groups is 1. The molecule has 1 amide bonds. The lowest BCUT2D eigenvalue weighted by Gasteiger charge is -2.18. The van der Waals surface area contributed by atoms with Gasteiger partial charge in [0.05, 0.1) is 16.6 Å². The summed E-state index contributed by atoms with van der Waals surface area (Å²) in [6.45, 7) is 0. The van der Waals surface area contributed by atoms with Gasteiger partial charge < -0.3 is 10.4 Å². The van der Waals surface area contributed by atoms with E-state index >= 15 is 0 Å². The van der Waals surface area contributed by atoms with E-state index in [1.165, 1.54) is 18.2 Å². The number of nitrogens with one attached hydrogen (secondary N) is 1. The number of aliphatic hydroxyl groups is 1. The molecule has 2 aromatic carbocycles. The average Bonchev–Trinajstić information content (AvgIpc) is 2.78. The lowest BCUT2D eigenvalue weighted by Crippen LogP contribution is -2.33. The first kappa shape index (κ1) is 14.2. The number of hydrogen-bond acceptors (Lipinski definition) is 2. The van der Waals surface area contributed by atoms with Gasteiger partial charge in [0, 0.05) is 12.0 Å². The van der Waals surface area contributed by atoms with Crippen LogP contribution in [0.3, 0.4) is 0 Å². The number of hydrogen-bond donors (Lipinski definition) is 2. The van der Waals surface area contributed by atoms with Crippen LogP contribution in [-0.4, -0.2) is 17.1 Å². The molecular formula is C16H13BrFNO2. The SMILES string of the molecule is O=C(N[C@@H]1c2ccccc2C[C@@H]1O)c1ccc(Br)c(F)c1. The van der Waals surface area contributed by atoms with E-state index < -0.39 is 23.9 Å². The fraction of sp³-hybridized carbons (Fsp3) is 0.188. The Balaban J connectivity index is 1.83. The molecule has 0 radical (unpaired) electrons. The first-order valence-corrected chi connectivity index (χ1v) is 7.37. The highest BCUT2D eigenvalue weighted by atomic mass is 79.9. The summed E-state index contributed by atoms with van der Waals surface area (Å²) < 4.78 is 13.8. The minimum atomic E-state index is -0.661. The zero-order chi connectivity index (χ0) is 15.0. The molecule has 3 rings (SSSR count). The van der Waals surface area contributed by atoms with Crippen molar-refractivity contribution < 1.29 is 14.3 Å². The molecule has 0 unspecified atom stereocenters. The summed E-state index contributed by atoms with van der Waals surface area (Å²) in [7, 11) is 0. The van der Waals surface area contributed by atoms with E-state index in [-0.39, 0.29) is 5.56 Å². The van der Waals surface area contributed by atoms with Crippen LogP contribution in [0.25, 0.3) is 0 Å². The number of amides is 1. The van der Waals surface area contributed by atoms with Crippen molar-refractivity contribution in [1.29, 1.82) is 0 Å². The summed E-state index contributed by atoms with van der Waals surface area (Å²) in [6, 6.07) is 11.3. The number of carbonyl (C=O) groups excluding carboxylic acids is 1. The Kier molecular flexibility index (Phi) is 3.78. The van der Waals surface area contributed by atoms with Crippen molar-refractivity contribution in [3.8, 4) is 0 Å². The van der Waals surface area contributed by atoms with Crippen LogP contribution in [0, 0.1) is 5.82 Å². The number of rotatable bonds is 2. The Morgan fingerprint density at radius 3 is 2.81 bits per heavy atom. The van der Waals surface area contributed by atoms with Crippen LogP contribution < -0.4 is 5.32 Å². The van der Waals surface area contributed by atoms with E-state index in [0.717, 1.165) is 11.1 Å². The van der Waals surface area contributed by atoms with Crippen molar-refractivity contribution in [2.24, 2.45) is 0 Å². The maximum atomic E-state index is 13.5. The monoisotopic (exact) mass is 349 g/mol. The maximum absolute atomic E-state index is 13.5. The molecule has 0 saturated carbocycles. The van der Waals surface area contributed by atoms with Gasteiger partial charge in [-0.15, -0.1) is 0 Å². The minimum Gasteiger partial charge on any atom is -0.390 e. The van der Waals surface area contributed by atoms with Crippen LogP contribution >= 0.6 is 15.9 Å². The molecule has 0 saturated heterocycles. The van der Waals surface area contributed by atoms with Crippen molar-refractivity contribution in [2.75, 3.05) is 0 Å². The Bertz CT molecular complexity index is 704. The van der Waals surface area contributed by atoms with Gasteiger partial charge in [0.15, 0.2) is 0 Å². The Hall–Kier alpha value is -1.72. The zero-order valence-electron chi connectivity index (χ0n) is 11.0. The van der Waals surface area contributed by atoms with Crippen LogP contribution in [0.1, 0.15) is 27.5 Å². The smallest absolute Gasteiger partial charge is 0.251 e. The second-order valence-corrected chi connectivity index (χ2v) is 5.90. The van der Waals surface area contributed by atoms with Gasteiger partial charge in [-0.2, -0.15) is 0 Å². The molecule has 2 aromatic rings. The number of fused-ring (bicyclic) bond motifs is 1. The molecule has 1 aliphatic rings. The van der Waals surface area contributed by atoms with Crippen molar-refractivity contribution in [3.63, 3.8) is 0 Å². The van der Waals surface area contributed by atoms with Crippen molar-refractivity contribution in [2.45, 2.75) is 18.6 Å². The highest BCUT2D eigenvalue weighted by Gasteiger charge is 2.32. The molecule has 0 heterocycles. The summed E-state index contributed by atoms with van der Waals surface area (Å²) in [5.41, 5.74) is 2.17. The zero-order valence-corrected chi connectivity index (χ0v) is 12.6. The van der Waals surface area contributed by atoms with Gasteiger partial charge >= 0.3 is 0 Å². The highest BCUT2D eigenvalue weighted by Crippen LogP contribution is 2.31. The maximum Gasteiger partial charge on any atom is 0.251 e. The third kappa shape index (κ3) is 2.71. The first-order valence-electron chi connectivity index (χ1n) is 6.58. The van der Waals surface area contributed by atoms with Crippen LogP contribution in [0.4, 0.5) is 4.39 Å². The summed E-state index contributed by atoms with van der Waals surface area (Å²) >= 11 is 3.05. The van der Waals surface area contributed by atoms with Crippen LogP contribution in [0.15, 0.2) is 46.9 Å². The van der Waals surface area contributed by atoms with Crippen LogP contribution in [-0.2, 0) is 6.42 Å². The van der Waals surface area contributed by atoms with Crippen molar-refractivity contribution in [3.05, 3.63) is 69.4 Å². The topological polar surface area (TPSA) is 49.3 Å². The second kappa shape index (κ2) is 5.58. The molecule has 2 N–H and O–H groups in total. The van der Waals surface area contributed by atoms with Gasteiger partial charge in [-0.3, -0.25) is 4.79 Å². The molecule has 2 atom stereocenters. The molecule has 108 valence electrons. The van der Waals surface area contributed by atoms with Gasteiger partial charge in [-0.05, 0) is 45.3 Å². The molecule has 0 fully saturated rings. The Morgan fingerprint density at radius 2 is 2.05 bits per heavy atom. The predicted molar refractivity (Wildman–Crippen MR) is 80.5 cm³/mol. The number of aliphatic hydroxyl groups excluding tert-OH is 1. The summed E-state index contributed by atoms with van der Waals surface area (Å²) in [5.74, 6) is -0.892. The normalized spacial score (nSPS) is 20.1. The Labute approximate surface area is 129 Å². The standard InChI is InChI=1S/C16H13BrFNO2/c17-12-6-5-10(7-13(12)18)16(21)19-15-11-4-2-1-3-9(11)8-14(15)20/h1-7,14-15,20H,8H2,(H,19,21)/t14-,15+/m0/s1.